The van der Waals surface area contributed by atoms with Gasteiger partial charge in [0.05, 0.1) is 0 Å². The molecule has 2 heterocycles. The Labute approximate surface area is 139 Å². The minimum absolute atomic E-state index is 0.359. The van der Waals surface area contributed by atoms with Crippen molar-refractivity contribution in [1.29, 1.82) is 0 Å². The van der Waals surface area contributed by atoms with Gasteiger partial charge in [0, 0.05) is 63.2 Å². The second-order valence-corrected chi connectivity index (χ2v) is 8.27. The summed E-state index contributed by atoms with van der Waals surface area (Å²) in [5.41, 5.74) is 0. The van der Waals surface area contributed by atoms with Crippen LogP contribution in [0.3, 0.4) is 0 Å². The number of piperazine rings is 1. The van der Waals surface area contributed by atoms with E-state index in [0.29, 0.717) is 18.4 Å². The van der Waals surface area contributed by atoms with Crippen molar-refractivity contribution >= 4 is 17.7 Å². The smallest absolute Gasteiger partial charge is 0.224 e. The first-order valence-corrected chi connectivity index (χ1v) is 10.3. The Morgan fingerprint density at radius 2 is 1.86 bits per heavy atom. The summed E-state index contributed by atoms with van der Waals surface area (Å²) >= 11 is 1.97. The summed E-state index contributed by atoms with van der Waals surface area (Å²) in [5, 5.41) is 3.47. The molecule has 1 N–H and O–H groups in total. The highest BCUT2D eigenvalue weighted by Crippen LogP contribution is 2.24. The van der Waals surface area contributed by atoms with Crippen molar-refractivity contribution in [1.82, 2.24) is 15.1 Å². The van der Waals surface area contributed by atoms with Crippen LogP contribution in [0.5, 0.6) is 0 Å². The van der Waals surface area contributed by atoms with Crippen LogP contribution in [-0.4, -0.2) is 72.5 Å². The Bertz CT molecular complexity index is 346. The third-order valence-corrected chi connectivity index (χ3v) is 6.52. The van der Waals surface area contributed by atoms with Crippen LogP contribution < -0.4 is 5.32 Å². The molecule has 0 bridgehead atoms. The van der Waals surface area contributed by atoms with Gasteiger partial charge in [0.15, 0.2) is 0 Å². The molecule has 22 heavy (non-hydrogen) atoms. The topological polar surface area (TPSA) is 35.6 Å². The highest BCUT2D eigenvalue weighted by molar-refractivity contribution is 7.99. The molecule has 1 atom stereocenters. The zero-order chi connectivity index (χ0) is 15.2. The number of hydrogen-bond donors (Lipinski definition) is 1. The van der Waals surface area contributed by atoms with Gasteiger partial charge in [-0.3, -0.25) is 9.69 Å². The fourth-order valence-electron chi connectivity index (χ4n) is 4.01. The Hall–Kier alpha value is -0.260. The number of hydrogen-bond acceptors (Lipinski definition) is 4. The van der Waals surface area contributed by atoms with Crippen LogP contribution in [0.1, 0.15) is 38.5 Å². The predicted molar refractivity (Wildman–Crippen MR) is 93.3 cm³/mol. The molecule has 1 aliphatic carbocycles. The lowest BCUT2D eigenvalue weighted by molar-refractivity contribution is -0.133. The van der Waals surface area contributed by atoms with Crippen molar-refractivity contribution in [2.24, 2.45) is 5.92 Å². The summed E-state index contributed by atoms with van der Waals surface area (Å²) in [4.78, 5) is 17.1. The molecule has 3 fully saturated rings. The quantitative estimate of drug-likeness (QED) is 0.855. The molecular formula is C17H31N3OS. The van der Waals surface area contributed by atoms with E-state index in [4.69, 9.17) is 0 Å². The molecular weight excluding hydrogens is 294 g/mol. The van der Waals surface area contributed by atoms with Gasteiger partial charge in [0.25, 0.3) is 0 Å². The number of rotatable bonds is 4. The summed E-state index contributed by atoms with van der Waals surface area (Å²) in [6, 6.07) is 0.395. The van der Waals surface area contributed by atoms with E-state index < -0.39 is 0 Å². The lowest BCUT2D eigenvalue weighted by Gasteiger charge is -2.38. The molecule has 4 nitrogen and oxygen atoms in total. The van der Waals surface area contributed by atoms with Crippen LogP contribution in [0.15, 0.2) is 0 Å². The molecule has 0 spiro atoms. The van der Waals surface area contributed by atoms with Gasteiger partial charge >= 0.3 is 0 Å². The van der Waals surface area contributed by atoms with Gasteiger partial charge in [-0.25, -0.2) is 0 Å². The van der Waals surface area contributed by atoms with E-state index in [1.807, 2.05) is 11.8 Å². The maximum Gasteiger partial charge on any atom is 0.224 e. The van der Waals surface area contributed by atoms with Crippen molar-refractivity contribution in [2.45, 2.75) is 44.6 Å². The molecule has 3 aliphatic rings. The molecule has 0 aromatic heterocycles. The first-order chi connectivity index (χ1) is 10.8. The van der Waals surface area contributed by atoms with E-state index in [2.05, 4.69) is 15.1 Å². The van der Waals surface area contributed by atoms with Crippen LogP contribution in [-0.2, 0) is 4.79 Å². The number of thioether (sulfide) groups is 1. The van der Waals surface area contributed by atoms with Gasteiger partial charge < -0.3 is 10.2 Å². The minimum atomic E-state index is 0.359. The van der Waals surface area contributed by atoms with E-state index in [0.717, 1.165) is 44.4 Å². The number of nitrogens with zero attached hydrogens (tertiary/aromatic N) is 2. The molecule has 1 amide bonds. The minimum Gasteiger partial charge on any atom is -0.340 e. The second-order valence-electron chi connectivity index (χ2n) is 7.12. The van der Waals surface area contributed by atoms with Crippen molar-refractivity contribution < 1.29 is 4.79 Å². The maximum absolute atomic E-state index is 12.4. The molecule has 0 aromatic carbocycles. The zero-order valence-corrected chi connectivity index (χ0v) is 14.6. The highest BCUT2D eigenvalue weighted by Gasteiger charge is 2.25. The van der Waals surface area contributed by atoms with Crippen LogP contribution >= 0.6 is 11.8 Å². The van der Waals surface area contributed by atoms with Crippen LogP contribution in [0, 0.1) is 5.92 Å². The second kappa shape index (κ2) is 8.55. The van der Waals surface area contributed by atoms with Gasteiger partial charge in [0.2, 0.25) is 5.91 Å². The van der Waals surface area contributed by atoms with E-state index in [1.165, 1.54) is 44.4 Å². The fourth-order valence-corrected chi connectivity index (χ4v) is 4.95. The van der Waals surface area contributed by atoms with Crippen molar-refractivity contribution in [3.63, 3.8) is 0 Å². The van der Waals surface area contributed by atoms with Crippen molar-refractivity contribution in [3.05, 3.63) is 0 Å². The van der Waals surface area contributed by atoms with Crippen LogP contribution in [0.2, 0.25) is 0 Å². The number of carbonyl (C=O) groups excluding carboxylic acids is 1. The zero-order valence-electron chi connectivity index (χ0n) is 13.8. The van der Waals surface area contributed by atoms with E-state index in [1.54, 1.807) is 0 Å². The summed E-state index contributed by atoms with van der Waals surface area (Å²) in [6.45, 7) is 6.35. The first-order valence-electron chi connectivity index (χ1n) is 9.12. The van der Waals surface area contributed by atoms with Gasteiger partial charge in [-0.15, -0.1) is 0 Å². The number of amides is 1. The summed E-state index contributed by atoms with van der Waals surface area (Å²) in [6.07, 6.45) is 7.82. The number of carbonyl (C=O) groups is 1. The Balaban J connectivity index is 1.36. The third-order valence-electron chi connectivity index (χ3n) is 5.39. The van der Waals surface area contributed by atoms with Crippen molar-refractivity contribution in [3.8, 4) is 0 Å². The van der Waals surface area contributed by atoms with Crippen molar-refractivity contribution in [2.75, 3.05) is 50.8 Å². The van der Waals surface area contributed by atoms with E-state index in [-0.39, 0.29) is 0 Å². The SMILES string of the molecule is O=C(CC1CSCCN1)N1CCN(CC2CCCCC2)CC1. The molecule has 0 radical (unpaired) electrons. The monoisotopic (exact) mass is 325 g/mol. The standard InChI is InChI=1S/C17H31N3OS/c21-17(12-16-14-22-11-6-18-16)20-9-7-19(8-10-20)13-15-4-2-1-3-5-15/h15-16,18H,1-14H2. The molecule has 1 saturated carbocycles. The van der Waals surface area contributed by atoms with Gasteiger partial charge in [-0.2, -0.15) is 11.8 Å². The predicted octanol–water partition coefficient (Wildman–Crippen LogP) is 1.81. The molecule has 3 rings (SSSR count). The van der Waals surface area contributed by atoms with Gasteiger partial charge in [-0.05, 0) is 18.8 Å². The Morgan fingerprint density at radius 3 is 2.55 bits per heavy atom. The van der Waals surface area contributed by atoms with E-state index in [9.17, 15) is 4.79 Å². The Kier molecular flexibility index (Phi) is 6.45. The highest BCUT2D eigenvalue weighted by atomic mass is 32.2. The normalized spacial score (nSPS) is 28.7. The molecule has 2 aliphatic heterocycles. The summed E-state index contributed by atoms with van der Waals surface area (Å²) in [5.74, 6) is 3.55. The number of nitrogens with one attached hydrogen (secondary N) is 1. The third kappa shape index (κ3) is 4.87. The molecule has 126 valence electrons. The summed E-state index contributed by atoms with van der Waals surface area (Å²) < 4.78 is 0. The lowest BCUT2D eigenvalue weighted by atomic mass is 9.89. The molecule has 2 saturated heterocycles. The molecule has 0 aromatic rings. The summed E-state index contributed by atoms with van der Waals surface area (Å²) in [7, 11) is 0. The van der Waals surface area contributed by atoms with E-state index >= 15 is 0 Å². The first kappa shape index (κ1) is 16.6. The molecule has 5 heteroatoms. The van der Waals surface area contributed by atoms with Crippen LogP contribution in [0.4, 0.5) is 0 Å². The Morgan fingerprint density at radius 1 is 1.09 bits per heavy atom. The maximum atomic E-state index is 12.4. The average Bonchev–Trinajstić information content (AvgIpc) is 2.57. The van der Waals surface area contributed by atoms with Crippen LogP contribution in [0.25, 0.3) is 0 Å². The van der Waals surface area contributed by atoms with Gasteiger partial charge in [0.1, 0.15) is 0 Å². The molecule has 1 unspecified atom stereocenters. The fraction of sp³-hybridized carbons (Fsp3) is 0.941. The largest absolute Gasteiger partial charge is 0.340 e. The lowest BCUT2D eigenvalue weighted by Crippen LogP contribution is -2.51. The average molecular weight is 326 g/mol. The van der Waals surface area contributed by atoms with Gasteiger partial charge in [-0.1, -0.05) is 19.3 Å².